The zero-order valence-electron chi connectivity index (χ0n) is 14.2. The molecule has 0 rings (SSSR count). The highest BCUT2D eigenvalue weighted by Gasteiger charge is 1.76. The van der Waals surface area contributed by atoms with Crippen molar-refractivity contribution in [3.05, 3.63) is 72.9 Å². The van der Waals surface area contributed by atoms with Crippen LogP contribution in [0.2, 0.25) is 0 Å². The first-order valence-corrected chi connectivity index (χ1v) is 8.35. The van der Waals surface area contributed by atoms with E-state index in [1.54, 1.807) is 0 Å². The molecular weight excluding hydrogens is 282 g/mol. The first-order valence-electron chi connectivity index (χ1n) is 8.35. The van der Waals surface area contributed by atoms with Crippen LogP contribution in [0, 0.1) is 0 Å². The van der Waals surface area contributed by atoms with Gasteiger partial charge >= 0.3 is 0 Å². The van der Waals surface area contributed by atoms with Crippen LogP contribution < -0.4 is 0 Å². The van der Waals surface area contributed by atoms with Crippen molar-refractivity contribution >= 4 is 6.08 Å². The quantitative estimate of drug-likeness (QED) is 0.232. The molecule has 124 valence electrons. The molecule has 2 heteroatoms. The van der Waals surface area contributed by atoms with Crippen molar-refractivity contribution in [2.45, 2.75) is 45.4 Å². The number of allylic oxidation sites excluding steroid dienone is 11. The molecule has 0 N–H and O–H groups in total. The zero-order chi connectivity index (χ0) is 16.8. The molecule has 0 bridgehead atoms. The van der Waals surface area contributed by atoms with Crippen LogP contribution in [-0.2, 0) is 4.79 Å². The Balaban J connectivity index is 3.52. The van der Waals surface area contributed by atoms with E-state index in [0.29, 0.717) is 6.54 Å². The van der Waals surface area contributed by atoms with Gasteiger partial charge in [0.25, 0.3) is 0 Å². The molecule has 0 aromatic carbocycles. The monoisotopic (exact) mass is 311 g/mol. The van der Waals surface area contributed by atoms with Crippen molar-refractivity contribution < 1.29 is 4.79 Å². The Morgan fingerprint density at radius 3 is 1.30 bits per heavy atom. The van der Waals surface area contributed by atoms with Crippen molar-refractivity contribution in [1.29, 1.82) is 0 Å². The third-order valence-electron chi connectivity index (χ3n) is 2.86. The lowest BCUT2D eigenvalue weighted by Crippen LogP contribution is -1.69. The van der Waals surface area contributed by atoms with Gasteiger partial charge in [-0.2, -0.15) is 0 Å². The molecule has 0 aliphatic rings. The summed E-state index contributed by atoms with van der Waals surface area (Å²) in [5.74, 6) is 0. The number of aliphatic imine (C=N–C) groups is 1. The van der Waals surface area contributed by atoms with Gasteiger partial charge in [0, 0.05) is 0 Å². The van der Waals surface area contributed by atoms with E-state index in [2.05, 4.69) is 72.7 Å². The summed E-state index contributed by atoms with van der Waals surface area (Å²) >= 11 is 0. The largest absolute Gasteiger partial charge is 0.235 e. The summed E-state index contributed by atoms with van der Waals surface area (Å²) in [5.41, 5.74) is 0. The highest BCUT2D eigenvalue weighted by atomic mass is 16.1. The molecule has 0 unspecified atom stereocenters. The van der Waals surface area contributed by atoms with Crippen LogP contribution in [0.1, 0.15) is 45.4 Å². The summed E-state index contributed by atoms with van der Waals surface area (Å²) in [4.78, 5) is 13.3. The van der Waals surface area contributed by atoms with Crippen LogP contribution in [0.3, 0.4) is 0 Å². The fraction of sp³-hybridized carbons (Fsp3) is 0.381. The summed E-state index contributed by atoms with van der Waals surface area (Å²) < 4.78 is 0. The number of isocyanates is 1. The van der Waals surface area contributed by atoms with Crippen molar-refractivity contribution in [3.8, 4) is 0 Å². The smallest absolute Gasteiger partial charge is 0.211 e. The number of carbonyl (C=O) groups excluding carboxylic acids is 1. The highest BCUT2D eigenvalue weighted by Crippen LogP contribution is 1.96. The SMILES string of the molecule is CC/C=C\C/C=C\C/C=C\C/C=C\C/C=C\C/C=C\CN=C=O. The first-order chi connectivity index (χ1) is 11.4. The maximum atomic E-state index is 9.83. The van der Waals surface area contributed by atoms with Crippen LogP contribution in [0.25, 0.3) is 0 Å². The Hall–Kier alpha value is -2.18. The minimum atomic E-state index is 0.425. The van der Waals surface area contributed by atoms with Gasteiger partial charge in [-0.15, -0.1) is 0 Å². The summed E-state index contributed by atoms with van der Waals surface area (Å²) in [7, 11) is 0. The van der Waals surface area contributed by atoms with E-state index >= 15 is 0 Å². The molecule has 0 heterocycles. The molecule has 0 aromatic rings. The minimum Gasteiger partial charge on any atom is -0.211 e. The highest BCUT2D eigenvalue weighted by molar-refractivity contribution is 5.33. The average molecular weight is 311 g/mol. The minimum absolute atomic E-state index is 0.425. The van der Waals surface area contributed by atoms with E-state index in [1.807, 2.05) is 12.2 Å². The summed E-state index contributed by atoms with van der Waals surface area (Å²) in [6.07, 6.45) is 33.2. The van der Waals surface area contributed by atoms with Crippen LogP contribution in [0.5, 0.6) is 0 Å². The van der Waals surface area contributed by atoms with Crippen molar-refractivity contribution in [1.82, 2.24) is 0 Å². The molecule has 0 radical (unpaired) electrons. The summed E-state index contributed by atoms with van der Waals surface area (Å²) in [6, 6.07) is 0. The van der Waals surface area contributed by atoms with E-state index in [1.165, 1.54) is 6.08 Å². The first kappa shape index (κ1) is 20.8. The Morgan fingerprint density at radius 1 is 0.609 bits per heavy atom. The van der Waals surface area contributed by atoms with E-state index in [4.69, 9.17) is 0 Å². The molecule has 0 aromatic heterocycles. The lowest BCUT2D eigenvalue weighted by Gasteiger charge is -1.85. The molecule has 2 nitrogen and oxygen atoms in total. The molecule has 0 saturated heterocycles. The number of hydrogen-bond acceptors (Lipinski definition) is 2. The molecular formula is C21H29NO. The van der Waals surface area contributed by atoms with Gasteiger partial charge in [0.05, 0.1) is 6.54 Å². The normalized spacial score (nSPS) is 12.7. The van der Waals surface area contributed by atoms with Crippen molar-refractivity contribution in [3.63, 3.8) is 0 Å². The molecule has 0 amide bonds. The zero-order valence-corrected chi connectivity index (χ0v) is 14.2. The second-order valence-corrected chi connectivity index (χ2v) is 4.85. The molecule has 23 heavy (non-hydrogen) atoms. The lowest BCUT2D eigenvalue weighted by atomic mass is 10.2. The van der Waals surface area contributed by atoms with Crippen molar-refractivity contribution in [2.75, 3.05) is 6.54 Å². The van der Waals surface area contributed by atoms with Gasteiger partial charge in [0.15, 0.2) is 0 Å². The van der Waals surface area contributed by atoms with E-state index in [-0.39, 0.29) is 0 Å². The molecule has 0 aliphatic carbocycles. The van der Waals surface area contributed by atoms with Crippen LogP contribution >= 0.6 is 0 Å². The number of rotatable bonds is 13. The van der Waals surface area contributed by atoms with Gasteiger partial charge in [0.1, 0.15) is 0 Å². The molecule has 0 spiro atoms. The van der Waals surface area contributed by atoms with Crippen molar-refractivity contribution in [2.24, 2.45) is 4.99 Å². The van der Waals surface area contributed by atoms with Gasteiger partial charge in [-0.1, -0.05) is 79.8 Å². The summed E-state index contributed by atoms with van der Waals surface area (Å²) in [5, 5.41) is 0. The van der Waals surface area contributed by atoms with E-state index in [9.17, 15) is 4.79 Å². The number of hydrogen-bond donors (Lipinski definition) is 0. The Kier molecular flexibility index (Phi) is 17.9. The predicted octanol–water partition coefficient (Wildman–Crippen LogP) is 6.02. The van der Waals surface area contributed by atoms with Gasteiger partial charge in [0.2, 0.25) is 6.08 Å². The fourth-order valence-electron chi connectivity index (χ4n) is 1.69. The third kappa shape index (κ3) is 19.8. The van der Waals surface area contributed by atoms with Gasteiger partial charge in [-0.05, 0) is 38.5 Å². The second kappa shape index (κ2) is 19.8. The molecule has 0 saturated carbocycles. The number of nitrogens with zero attached hydrogens (tertiary/aromatic N) is 1. The maximum absolute atomic E-state index is 9.83. The lowest BCUT2D eigenvalue weighted by molar-refractivity contribution is 0.564. The molecule has 0 aliphatic heterocycles. The Morgan fingerprint density at radius 2 is 0.957 bits per heavy atom. The summed E-state index contributed by atoms with van der Waals surface area (Å²) in [6.45, 7) is 2.57. The van der Waals surface area contributed by atoms with Gasteiger partial charge in [-0.25, -0.2) is 9.79 Å². The average Bonchev–Trinajstić information content (AvgIpc) is 2.57. The molecule has 0 atom stereocenters. The molecule has 0 fully saturated rings. The van der Waals surface area contributed by atoms with E-state index in [0.717, 1.165) is 38.5 Å². The Bertz CT molecular complexity index is 472. The standard InChI is InChI=1S/C21H29NO/c1-2-3-4-5-6-7-8-9-10-11-12-13-14-15-16-17-18-19-20-22-21-23/h3-4,6-7,9-10,12-13,15-16,18-19H,2,5,8,11,14,17,20H2,1H3/b4-3-,7-6-,10-9-,13-12-,16-15-,19-18-. The van der Waals surface area contributed by atoms with Gasteiger partial charge in [-0.3, -0.25) is 0 Å². The topological polar surface area (TPSA) is 29.4 Å². The second-order valence-electron chi connectivity index (χ2n) is 4.85. The Labute approximate surface area is 141 Å². The third-order valence-corrected chi connectivity index (χ3v) is 2.86. The maximum Gasteiger partial charge on any atom is 0.235 e. The van der Waals surface area contributed by atoms with E-state index < -0.39 is 0 Å². The van der Waals surface area contributed by atoms with Crippen LogP contribution in [-0.4, -0.2) is 12.6 Å². The van der Waals surface area contributed by atoms with Crippen LogP contribution in [0.4, 0.5) is 0 Å². The van der Waals surface area contributed by atoms with Gasteiger partial charge < -0.3 is 0 Å². The van der Waals surface area contributed by atoms with Crippen LogP contribution in [0.15, 0.2) is 77.9 Å². The fourth-order valence-corrected chi connectivity index (χ4v) is 1.69. The predicted molar refractivity (Wildman–Crippen MR) is 101 cm³/mol.